The van der Waals surface area contributed by atoms with Crippen molar-refractivity contribution in [3.8, 4) is 11.5 Å². The molecule has 1 saturated carbocycles. The predicted octanol–water partition coefficient (Wildman–Crippen LogP) is 3.49. The quantitative estimate of drug-likeness (QED) is 0.482. The summed E-state index contributed by atoms with van der Waals surface area (Å²) < 4.78 is 10.7. The molecule has 0 N–H and O–H groups in total. The lowest BCUT2D eigenvalue weighted by Gasteiger charge is -2.11. The van der Waals surface area contributed by atoms with Gasteiger partial charge in [0.1, 0.15) is 11.5 Å². The van der Waals surface area contributed by atoms with Crippen LogP contribution in [-0.2, 0) is 4.79 Å². The Morgan fingerprint density at radius 2 is 1.78 bits per heavy atom. The van der Waals surface area contributed by atoms with Crippen LogP contribution in [0.15, 0.2) is 48.5 Å². The molecular formula is C19H18O4. The van der Waals surface area contributed by atoms with Crippen molar-refractivity contribution in [1.29, 1.82) is 0 Å². The van der Waals surface area contributed by atoms with E-state index in [1.807, 2.05) is 13.0 Å². The summed E-state index contributed by atoms with van der Waals surface area (Å²) >= 11 is 0. The number of hydrogen-bond acceptors (Lipinski definition) is 4. The fourth-order valence-corrected chi connectivity index (χ4v) is 2.48. The molecular weight excluding hydrogens is 292 g/mol. The van der Waals surface area contributed by atoms with Gasteiger partial charge in [0.05, 0.1) is 18.6 Å². The Morgan fingerprint density at radius 3 is 2.39 bits per heavy atom. The number of benzene rings is 2. The van der Waals surface area contributed by atoms with Gasteiger partial charge < -0.3 is 9.47 Å². The number of ketones is 1. The van der Waals surface area contributed by atoms with E-state index in [2.05, 4.69) is 0 Å². The van der Waals surface area contributed by atoms with Gasteiger partial charge in [-0.3, -0.25) is 9.59 Å². The number of esters is 1. The molecule has 4 nitrogen and oxygen atoms in total. The van der Waals surface area contributed by atoms with Crippen molar-refractivity contribution < 1.29 is 19.1 Å². The van der Waals surface area contributed by atoms with Crippen molar-refractivity contribution in [3.63, 3.8) is 0 Å². The first kappa shape index (κ1) is 15.3. The van der Waals surface area contributed by atoms with Gasteiger partial charge in [-0.1, -0.05) is 37.3 Å². The van der Waals surface area contributed by atoms with Crippen LogP contribution in [0.4, 0.5) is 0 Å². The van der Waals surface area contributed by atoms with E-state index in [0.717, 1.165) is 6.42 Å². The average Bonchev–Trinajstić information content (AvgIpc) is 3.32. The van der Waals surface area contributed by atoms with E-state index in [4.69, 9.17) is 9.47 Å². The minimum absolute atomic E-state index is 0.0686. The van der Waals surface area contributed by atoms with E-state index in [1.54, 1.807) is 42.5 Å². The van der Waals surface area contributed by atoms with Crippen LogP contribution in [0.1, 0.15) is 29.3 Å². The Hall–Kier alpha value is -2.62. The SMILES string of the molecule is COc1ccc(C(=O)c2ccccc2)c(OC(=O)[C@@H]2C[C@@H]2C)c1. The van der Waals surface area contributed by atoms with Crippen molar-refractivity contribution in [2.75, 3.05) is 7.11 Å². The summed E-state index contributed by atoms with van der Waals surface area (Å²) in [5.74, 6) is 0.610. The summed E-state index contributed by atoms with van der Waals surface area (Å²) in [6.07, 6.45) is 0.838. The molecule has 2 aromatic carbocycles. The molecule has 1 fully saturated rings. The number of carbonyl (C=O) groups is 2. The predicted molar refractivity (Wildman–Crippen MR) is 85.8 cm³/mol. The van der Waals surface area contributed by atoms with Crippen LogP contribution in [0.3, 0.4) is 0 Å². The van der Waals surface area contributed by atoms with Crippen molar-refractivity contribution in [2.24, 2.45) is 11.8 Å². The lowest BCUT2D eigenvalue weighted by Crippen LogP contribution is -2.14. The van der Waals surface area contributed by atoms with Gasteiger partial charge in [0.25, 0.3) is 0 Å². The van der Waals surface area contributed by atoms with Crippen LogP contribution >= 0.6 is 0 Å². The van der Waals surface area contributed by atoms with Gasteiger partial charge in [-0.05, 0) is 24.5 Å². The maximum absolute atomic E-state index is 12.7. The van der Waals surface area contributed by atoms with Crippen LogP contribution in [0.5, 0.6) is 11.5 Å². The highest BCUT2D eigenvalue weighted by Gasteiger charge is 2.41. The van der Waals surface area contributed by atoms with Gasteiger partial charge in [0.2, 0.25) is 0 Å². The van der Waals surface area contributed by atoms with Gasteiger partial charge in [-0.2, -0.15) is 0 Å². The largest absolute Gasteiger partial charge is 0.497 e. The summed E-state index contributed by atoms with van der Waals surface area (Å²) in [5.41, 5.74) is 0.911. The molecule has 0 amide bonds. The number of rotatable bonds is 5. The Bertz CT molecular complexity index is 736. The number of carbonyl (C=O) groups excluding carboxylic acids is 2. The van der Waals surface area contributed by atoms with Crippen LogP contribution in [-0.4, -0.2) is 18.9 Å². The molecule has 1 aliphatic rings. The molecule has 0 aliphatic heterocycles. The minimum atomic E-state index is -0.284. The second kappa shape index (κ2) is 6.24. The molecule has 0 spiro atoms. The van der Waals surface area contributed by atoms with Crippen molar-refractivity contribution in [2.45, 2.75) is 13.3 Å². The first-order valence-corrected chi connectivity index (χ1v) is 7.59. The van der Waals surface area contributed by atoms with Gasteiger partial charge in [-0.15, -0.1) is 0 Å². The van der Waals surface area contributed by atoms with E-state index in [0.29, 0.717) is 22.8 Å². The molecule has 0 saturated heterocycles. The molecule has 4 heteroatoms. The highest BCUT2D eigenvalue weighted by Crippen LogP contribution is 2.39. The van der Waals surface area contributed by atoms with E-state index in [9.17, 15) is 9.59 Å². The van der Waals surface area contributed by atoms with Crippen LogP contribution in [0.2, 0.25) is 0 Å². The second-order valence-corrected chi connectivity index (χ2v) is 5.80. The third-order valence-electron chi connectivity index (χ3n) is 4.09. The highest BCUT2D eigenvalue weighted by atomic mass is 16.5. The number of hydrogen-bond donors (Lipinski definition) is 0. The lowest BCUT2D eigenvalue weighted by atomic mass is 10.0. The Morgan fingerprint density at radius 1 is 1.09 bits per heavy atom. The molecule has 1 aliphatic carbocycles. The topological polar surface area (TPSA) is 52.6 Å². The summed E-state index contributed by atoms with van der Waals surface area (Å²) in [4.78, 5) is 24.8. The number of ether oxygens (including phenoxy) is 2. The molecule has 0 heterocycles. The lowest BCUT2D eigenvalue weighted by molar-refractivity contribution is -0.136. The maximum Gasteiger partial charge on any atom is 0.314 e. The minimum Gasteiger partial charge on any atom is -0.497 e. The molecule has 0 aromatic heterocycles. The first-order valence-electron chi connectivity index (χ1n) is 7.59. The van der Waals surface area contributed by atoms with E-state index in [1.165, 1.54) is 7.11 Å². The number of methoxy groups -OCH3 is 1. The fraction of sp³-hybridized carbons (Fsp3) is 0.263. The van der Waals surface area contributed by atoms with Gasteiger partial charge in [0, 0.05) is 11.6 Å². The molecule has 0 radical (unpaired) electrons. The zero-order valence-electron chi connectivity index (χ0n) is 13.1. The molecule has 3 rings (SSSR count). The zero-order valence-corrected chi connectivity index (χ0v) is 13.1. The monoisotopic (exact) mass is 310 g/mol. The Balaban J connectivity index is 1.92. The average molecular weight is 310 g/mol. The summed E-state index contributed by atoms with van der Waals surface area (Å²) in [7, 11) is 1.53. The molecule has 0 unspecified atom stereocenters. The maximum atomic E-state index is 12.7. The summed E-state index contributed by atoms with van der Waals surface area (Å²) in [6, 6.07) is 13.8. The third kappa shape index (κ3) is 3.26. The van der Waals surface area contributed by atoms with E-state index in [-0.39, 0.29) is 23.4 Å². The highest BCUT2D eigenvalue weighted by molar-refractivity contribution is 6.11. The van der Waals surface area contributed by atoms with Gasteiger partial charge in [0.15, 0.2) is 5.78 Å². The van der Waals surface area contributed by atoms with E-state index < -0.39 is 0 Å². The normalized spacial score (nSPS) is 19.0. The Labute approximate surface area is 135 Å². The van der Waals surface area contributed by atoms with E-state index >= 15 is 0 Å². The van der Waals surface area contributed by atoms with Gasteiger partial charge >= 0.3 is 5.97 Å². The molecule has 2 aromatic rings. The summed E-state index contributed by atoms with van der Waals surface area (Å²) in [6.45, 7) is 2.01. The first-order chi connectivity index (χ1) is 11.1. The van der Waals surface area contributed by atoms with Crippen LogP contribution in [0, 0.1) is 11.8 Å². The van der Waals surface area contributed by atoms with Gasteiger partial charge in [-0.25, -0.2) is 0 Å². The van der Waals surface area contributed by atoms with Crippen molar-refractivity contribution >= 4 is 11.8 Å². The fourth-order valence-electron chi connectivity index (χ4n) is 2.48. The molecule has 0 bridgehead atoms. The second-order valence-electron chi connectivity index (χ2n) is 5.80. The zero-order chi connectivity index (χ0) is 16.4. The Kier molecular flexibility index (Phi) is 4.15. The van der Waals surface area contributed by atoms with Crippen molar-refractivity contribution in [3.05, 3.63) is 59.7 Å². The molecule has 2 atom stereocenters. The molecule has 118 valence electrons. The molecule has 23 heavy (non-hydrogen) atoms. The smallest absolute Gasteiger partial charge is 0.314 e. The summed E-state index contributed by atoms with van der Waals surface area (Å²) in [5, 5.41) is 0. The third-order valence-corrected chi connectivity index (χ3v) is 4.09. The van der Waals surface area contributed by atoms with Crippen LogP contribution in [0.25, 0.3) is 0 Å². The van der Waals surface area contributed by atoms with Crippen molar-refractivity contribution in [1.82, 2.24) is 0 Å². The van der Waals surface area contributed by atoms with Crippen LogP contribution < -0.4 is 9.47 Å². The standard InChI is InChI=1S/C19H18O4/c1-12-10-16(12)19(21)23-17-11-14(22-2)8-9-15(17)18(20)13-6-4-3-5-7-13/h3-9,11-12,16H,10H2,1-2H3/t12-,16+/m0/s1.